The second-order valence-corrected chi connectivity index (χ2v) is 5.72. The second-order valence-electron chi connectivity index (χ2n) is 5.72. The minimum absolute atomic E-state index is 0.0790. The molecule has 2 heteroatoms. The predicted molar refractivity (Wildman–Crippen MR) is 57.1 cm³/mol. The number of carbonyl (C=O) groups excluding carboxylic acids is 1. The predicted octanol–water partition coefficient (Wildman–Crippen LogP) is 2.54. The highest BCUT2D eigenvalue weighted by Gasteiger charge is 2.37. The monoisotopic (exact) mass is 198 g/mol. The standard InChI is InChI=1S/C12H22O2/c1-11(2,3)10(14)8-12(9-13)6-4-5-7-12/h13H,4-9H2,1-3H3. The van der Waals surface area contributed by atoms with Crippen molar-refractivity contribution in [3.63, 3.8) is 0 Å². The number of aliphatic hydroxyl groups is 1. The van der Waals surface area contributed by atoms with Crippen LogP contribution in [0.5, 0.6) is 0 Å². The molecule has 0 aromatic carbocycles. The van der Waals surface area contributed by atoms with E-state index in [-0.39, 0.29) is 23.2 Å². The highest BCUT2D eigenvalue weighted by atomic mass is 16.3. The second kappa shape index (κ2) is 4.01. The summed E-state index contributed by atoms with van der Waals surface area (Å²) in [5.74, 6) is 0.286. The van der Waals surface area contributed by atoms with Crippen LogP contribution in [0.4, 0.5) is 0 Å². The fraction of sp³-hybridized carbons (Fsp3) is 0.917. The summed E-state index contributed by atoms with van der Waals surface area (Å²) in [4.78, 5) is 11.9. The first-order valence-corrected chi connectivity index (χ1v) is 5.54. The van der Waals surface area contributed by atoms with Gasteiger partial charge < -0.3 is 5.11 Å². The third-order valence-corrected chi connectivity index (χ3v) is 3.37. The van der Waals surface area contributed by atoms with Gasteiger partial charge in [-0.1, -0.05) is 33.6 Å². The average molecular weight is 198 g/mol. The number of ketones is 1. The molecule has 0 saturated heterocycles. The molecular weight excluding hydrogens is 176 g/mol. The molecule has 0 aromatic heterocycles. The number of hydrogen-bond donors (Lipinski definition) is 1. The van der Waals surface area contributed by atoms with Gasteiger partial charge in [0.1, 0.15) is 5.78 Å². The summed E-state index contributed by atoms with van der Waals surface area (Å²) in [5, 5.41) is 9.38. The van der Waals surface area contributed by atoms with E-state index in [9.17, 15) is 9.90 Å². The van der Waals surface area contributed by atoms with Crippen molar-refractivity contribution in [2.45, 2.75) is 52.9 Å². The van der Waals surface area contributed by atoms with Crippen LogP contribution in [0.3, 0.4) is 0 Å². The van der Waals surface area contributed by atoms with Crippen molar-refractivity contribution in [3.8, 4) is 0 Å². The normalized spacial score (nSPS) is 21.1. The molecule has 14 heavy (non-hydrogen) atoms. The molecule has 1 fully saturated rings. The topological polar surface area (TPSA) is 37.3 Å². The highest BCUT2D eigenvalue weighted by Crippen LogP contribution is 2.42. The molecule has 0 bridgehead atoms. The molecule has 0 heterocycles. The molecule has 1 aliphatic rings. The molecule has 82 valence electrons. The molecule has 0 radical (unpaired) electrons. The van der Waals surface area contributed by atoms with Gasteiger partial charge in [0.25, 0.3) is 0 Å². The lowest BCUT2D eigenvalue weighted by Gasteiger charge is -2.29. The van der Waals surface area contributed by atoms with E-state index in [1.807, 2.05) is 20.8 Å². The summed E-state index contributed by atoms with van der Waals surface area (Å²) in [5.41, 5.74) is -0.338. The van der Waals surface area contributed by atoms with E-state index < -0.39 is 0 Å². The summed E-state index contributed by atoms with van der Waals surface area (Å²) < 4.78 is 0. The molecule has 1 rings (SSSR count). The quantitative estimate of drug-likeness (QED) is 0.756. The average Bonchev–Trinajstić information content (AvgIpc) is 2.52. The minimum atomic E-state index is -0.259. The van der Waals surface area contributed by atoms with Crippen molar-refractivity contribution in [2.75, 3.05) is 6.61 Å². The SMILES string of the molecule is CC(C)(C)C(=O)CC1(CO)CCCC1. The molecule has 1 saturated carbocycles. The summed E-state index contributed by atoms with van der Waals surface area (Å²) in [6.07, 6.45) is 4.93. The van der Waals surface area contributed by atoms with Crippen LogP contribution in [-0.2, 0) is 4.79 Å². The Labute approximate surface area is 86.7 Å². The van der Waals surface area contributed by atoms with Crippen LogP contribution in [0.25, 0.3) is 0 Å². The van der Waals surface area contributed by atoms with E-state index in [1.165, 1.54) is 0 Å². The molecule has 0 unspecified atom stereocenters. The Balaban J connectivity index is 2.61. The Morgan fingerprint density at radius 2 is 1.79 bits per heavy atom. The van der Waals surface area contributed by atoms with Crippen molar-refractivity contribution >= 4 is 5.78 Å². The van der Waals surface area contributed by atoms with Gasteiger partial charge in [-0.25, -0.2) is 0 Å². The van der Waals surface area contributed by atoms with E-state index >= 15 is 0 Å². The van der Waals surface area contributed by atoms with Crippen LogP contribution in [0, 0.1) is 10.8 Å². The van der Waals surface area contributed by atoms with Crippen molar-refractivity contribution in [3.05, 3.63) is 0 Å². The van der Waals surface area contributed by atoms with Crippen LogP contribution in [-0.4, -0.2) is 17.5 Å². The largest absolute Gasteiger partial charge is 0.396 e. The lowest BCUT2D eigenvalue weighted by atomic mass is 9.76. The van der Waals surface area contributed by atoms with Crippen LogP contribution in [0.1, 0.15) is 52.9 Å². The van der Waals surface area contributed by atoms with Crippen LogP contribution >= 0.6 is 0 Å². The van der Waals surface area contributed by atoms with Crippen molar-refractivity contribution in [2.24, 2.45) is 10.8 Å². The molecule has 1 N–H and O–H groups in total. The maximum absolute atomic E-state index is 11.9. The van der Waals surface area contributed by atoms with Gasteiger partial charge in [-0.15, -0.1) is 0 Å². The molecule has 2 nitrogen and oxygen atoms in total. The highest BCUT2D eigenvalue weighted by molar-refractivity contribution is 5.84. The maximum Gasteiger partial charge on any atom is 0.138 e. The van der Waals surface area contributed by atoms with Crippen LogP contribution in [0.2, 0.25) is 0 Å². The van der Waals surface area contributed by atoms with Gasteiger partial charge >= 0.3 is 0 Å². The Morgan fingerprint density at radius 1 is 1.29 bits per heavy atom. The maximum atomic E-state index is 11.9. The molecule has 0 spiro atoms. The minimum Gasteiger partial charge on any atom is -0.396 e. The molecule has 0 atom stereocenters. The number of Topliss-reactive ketones (excluding diaryl/α,β-unsaturated/α-hetero) is 1. The molecule has 0 aromatic rings. The number of hydrogen-bond acceptors (Lipinski definition) is 2. The van der Waals surface area contributed by atoms with E-state index in [1.54, 1.807) is 0 Å². The van der Waals surface area contributed by atoms with Gasteiger partial charge in [-0.05, 0) is 12.8 Å². The zero-order valence-corrected chi connectivity index (χ0v) is 9.60. The first kappa shape index (κ1) is 11.7. The van der Waals surface area contributed by atoms with E-state index in [0.717, 1.165) is 25.7 Å². The Hall–Kier alpha value is -0.370. The Bertz CT molecular complexity index is 207. The lowest BCUT2D eigenvalue weighted by Crippen LogP contribution is -2.31. The zero-order chi connectivity index (χ0) is 10.8. The Morgan fingerprint density at radius 3 is 2.14 bits per heavy atom. The van der Waals surface area contributed by atoms with Gasteiger partial charge in [0.15, 0.2) is 0 Å². The third-order valence-electron chi connectivity index (χ3n) is 3.37. The molecule has 0 amide bonds. The number of carbonyl (C=O) groups is 1. The fourth-order valence-electron chi connectivity index (χ4n) is 2.12. The van der Waals surface area contributed by atoms with E-state index in [2.05, 4.69) is 0 Å². The third kappa shape index (κ3) is 2.57. The fourth-order valence-corrected chi connectivity index (χ4v) is 2.12. The Kier molecular flexibility index (Phi) is 3.36. The number of rotatable bonds is 3. The summed E-state index contributed by atoms with van der Waals surface area (Å²) >= 11 is 0. The van der Waals surface area contributed by atoms with E-state index in [4.69, 9.17) is 0 Å². The van der Waals surface area contributed by atoms with Gasteiger partial charge in [0, 0.05) is 23.9 Å². The summed E-state index contributed by atoms with van der Waals surface area (Å²) in [6, 6.07) is 0. The molecule has 1 aliphatic carbocycles. The summed E-state index contributed by atoms with van der Waals surface area (Å²) in [7, 11) is 0. The van der Waals surface area contributed by atoms with Gasteiger partial charge in [-0.3, -0.25) is 4.79 Å². The molecule has 0 aliphatic heterocycles. The van der Waals surface area contributed by atoms with Crippen molar-refractivity contribution in [1.82, 2.24) is 0 Å². The van der Waals surface area contributed by atoms with Crippen molar-refractivity contribution in [1.29, 1.82) is 0 Å². The van der Waals surface area contributed by atoms with Gasteiger partial charge in [-0.2, -0.15) is 0 Å². The lowest BCUT2D eigenvalue weighted by molar-refractivity contribution is -0.129. The summed E-state index contributed by atoms with van der Waals surface area (Å²) in [6.45, 7) is 6.04. The van der Waals surface area contributed by atoms with Gasteiger partial charge in [0.2, 0.25) is 0 Å². The van der Waals surface area contributed by atoms with Gasteiger partial charge in [0.05, 0.1) is 0 Å². The van der Waals surface area contributed by atoms with E-state index in [0.29, 0.717) is 6.42 Å². The number of aliphatic hydroxyl groups excluding tert-OH is 1. The smallest absolute Gasteiger partial charge is 0.138 e. The first-order valence-electron chi connectivity index (χ1n) is 5.54. The van der Waals surface area contributed by atoms with Crippen molar-refractivity contribution < 1.29 is 9.90 Å². The zero-order valence-electron chi connectivity index (χ0n) is 9.60. The molecular formula is C12H22O2. The first-order chi connectivity index (χ1) is 6.40. The van der Waals surface area contributed by atoms with Crippen LogP contribution < -0.4 is 0 Å². The van der Waals surface area contributed by atoms with Crippen LogP contribution in [0.15, 0.2) is 0 Å².